The normalized spacial score (nSPS) is 13.2. The lowest BCUT2D eigenvalue weighted by Crippen LogP contribution is -2.09. The Hall–Kier alpha value is -4.00. The van der Waals surface area contributed by atoms with E-state index >= 15 is 0 Å². The molecule has 34 heavy (non-hydrogen) atoms. The summed E-state index contributed by atoms with van der Waals surface area (Å²) in [6.07, 6.45) is 7.24. The highest BCUT2D eigenvalue weighted by Gasteiger charge is 2.31. The van der Waals surface area contributed by atoms with Gasteiger partial charge >= 0.3 is 5.97 Å². The number of aromatic nitrogens is 4. The number of benzene rings is 2. The van der Waals surface area contributed by atoms with E-state index < -0.39 is 0 Å². The first-order valence-corrected chi connectivity index (χ1v) is 11.5. The highest BCUT2D eigenvalue weighted by Crippen LogP contribution is 2.33. The molecule has 1 saturated carbocycles. The van der Waals surface area contributed by atoms with E-state index in [0.717, 1.165) is 46.6 Å². The summed E-state index contributed by atoms with van der Waals surface area (Å²) in [5.41, 5.74) is 5.10. The molecule has 172 valence electrons. The Labute approximate surface area is 198 Å². The number of hydrogen-bond donors (Lipinski definition) is 1. The monoisotopic (exact) mass is 453 g/mol. The summed E-state index contributed by atoms with van der Waals surface area (Å²) in [5, 5.41) is 7.82. The van der Waals surface area contributed by atoms with Gasteiger partial charge in [-0.25, -0.2) is 4.98 Å². The Bertz CT molecular complexity index is 1310. The van der Waals surface area contributed by atoms with Crippen LogP contribution in [0, 0.1) is 5.92 Å². The lowest BCUT2D eigenvalue weighted by molar-refractivity contribution is -0.135. The largest absolute Gasteiger partial charge is 0.426 e. The van der Waals surface area contributed by atoms with Crippen molar-refractivity contribution < 1.29 is 9.53 Å². The van der Waals surface area contributed by atoms with E-state index in [0.29, 0.717) is 17.5 Å². The van der Waals surface area contributed by atoms with Crippen LogP contribution in [0.15, 0.2) is 67.1 Å². The number of rotatable bonds is 7. The summed E-state index contributed by atoms with van der Waals surface area (Å²) >= 11 is 0. The van der Waals surface area contributed by atoms with Crippen molar-refractivity contribution in [3.05, 3.63) is 72.8 Å². The summed E-state index contributed by atoms with van der Waals surface area (Å²) in [5.74, 6) is 2.39. The second kappa shape index (κ2) is 9.09. The Morgan fingerprint density at radius 2 is 1.62 bits per heavy atom. The third kappa shape index (κ3) is 4.69. The van der Waals surface area contributed by atoms with Crippen LogP contribution in [0.5, 0.6) is 5.75 Å². The van der Waals surface area contributed by atoms with Crippen LogP contribution < -0.4 is 10.1 Å². The molecule has 0 bridgehead atoms. The van der Waals surface area contributed by atoms with Gasteiger partial charge in [0, 0.05) is 18.8 Å². The van der Waals surface area contributed by atoms with Crippen LogP contribution in [0.2, 0.25) is 0 Å². The molecule has 4 aromatic rings. The number of aryl methyl sites for hydroxylation is 1. The first-order chi connectivity index (χ1) is 16.5. The molecule has 0 radical (unpaired) electrons. The minimum atomic E-state index is -0.125. The van der Waals surface area contributed by atoms with Crippen molar-refractivity contribution in [3.8, 4) is 28.0 Å². The van der Waals surface area contributed by atoms with E-state index in [1.807, 2.05) is 37.5 Å². The van der Waals surface area contributed by atoms with Gasteiger partial charge in [-0.2, -0.15) is 5.10 Å². The SMILES string of the molecule is CC(C)c1cncc(Nc2c(-c3ccc(-c4ccc(OC(=O)C5CC5)cc4)cc3)cnn2C)n1. The molecule has 7 heteroatoms. The number of nitrogens with zero attached hydrogens (tertiary/aromatic N) is 4. The molecule has 0 spiro atoms. The summed E-state index contributed by atoms with van der Waals surface area (Å²) in [7, 11) is 1.90. The maximum Gasteiger partial charge on any atom is 0.314 e. The van der Waals surface area contributed by atoms with E-state index in [1.54, 1.807) is 17.1 Å². The third-order valence-electron chi connectivity index (χ3n) is 5.94. The molecule has 2 aromatic heterocycles. The highest BCUT2D eigenvalue weighted by molar-refractivity contribution is 5.80. The quantitative estimate of drug-likeness (QED) is 0.284. The van der Waals surface area contributed by atoms with Crippen molar-refractivity contribution in [1.29, 1.82) is 0 Å². The lowest BCUT2D eigenvalue weighted by Gasteiger charge is -2.11. The molecule has 7 nitrogen and oxygen atoms in total. The summed E-state index contributed by atoms with van der Waals surface area (Å²) in [6, 6.07) is 16.0. The molecule has 0 unspecified atom stereocenters. The van der Waals surface area contributed by atoms with Gasteiger partial charge in [-0.1, -0.05) is 50.2 Å². The molecule has 1 N–H and O–H groups in total. The van der Waals surface area contributed by atoms with Crippen LogP contribution in [0.1, 0.15) is 38.3 Å². The van der Waals surface area contributed by atoms with Crippen molar-refractivity contribution in [2.45, 2.75) is 32.6 Å². The molecular formula is C27H27N5O2. The van der Waals surface area contributed by atoms with Gasteiger partial charge in [-0.15, -0.1) is 0 Å². The van der Waals surface area contributed by atoms with Gasteiger partial charge in [0.05, 0.1) is 24.0 Å². The fourth-order valence-corrected chi connectivity index (χ4v) is 3.71. The van der Waals surface area contributed by atoms with E-state index in [2.05, 4.69) is 58.5 Å². The van der Waals surface area contributed by atoms with E-state index in [1.165, 1.54) is 0 Å². The minimum absolute atomic E-state index is 0.0882. The number of esters is 1. The molecule has 0 saturated heterocycles. The maximum absolute atomic E-state index is 11.9. The van der Waals surface area contributed by atoms with Crippen molar-refractivity contribution in [2.24, 2.45) is 13.0 Å². The summed E-state index contributed by atoms with van der Waals surface area (Å²) < 4.78 is 7.23. The zero-order valence-corrected chi connectivity index (χ0v) is 19.5. The van der Waals surface area contributed by atoms with Crippen LogP contribution >= 0.6 is 0 Å². The van der Waals surface area contributed by atoms with Crippen molar-refractivity contribution in [3.63, 3.8) is 0 Å². The van der Waals surface area contributed by atoms with Crippen LogP contribution in [0.3, 0.4) is 0 Å². The molecule has 0 amide bonds. The topological polar surface area (TPSA) is 81.9 Å². The van der Waals surface area contributed by atoms with Gasteiger partial charge in [0.25, 0.3) is 0 Å². The second-order valence-corrected chi connectivity index (χ2v) is 8.94. The number of anilines is 2. The predicted molar refractivity (Wildman–Crippen MR) is 132 cm³/mol. The van der Waals surface area contributed by atoms with Crippen molar-refractivity contribution in [1.82, 2.24) is 19.7 Å². The Kier molecular flexibility index (Phi) is 5.84. The molecule has 1 fully saturated rings. The molecule has 1 aliphatic carbocycles. The summed E-state index contributed by atoms with van der Waals surface area (Å²) in [4.78, 5) is 20.8. The van der Waals surface area contributed by atoms with Gasteiger partial charge in [0.2, 0.25) is 0 Å². The van der Waals surface area contributed by atoms with Crippen molar-refractivity contribution >= 4 is 17.6 Å². The molecular weight excluding hydrogens is 426 g/mol. The van der Waals surface area contributed by atoms with Gasteiger partial charge in [0.15, 0.2) is 0 Å². The average molecular weight is 454 g/mol. The highest BCUT2D eigenvalue weighted by atomic mass is 16.5. The van der Waals surface area contributed by atoms with Gasteiger partial charge in [-0.05, 0) is 47.6 Å². The van der Waals surface area contributed by atoms with Crippen LogP contribution in [-0.2, 0) is 11.8 Å². The fraction of sp³-hybridized carbons (Fsp3) is 0.259. The smallest absolute Gasteiger partial charge is 0.314 e. The van der Waals surface area contributed by atoms with Gasteiger partial charge < -0.3 is 10.1 Å². The number of hydrogen-bond acceptors (Lipinski definition) is 6. The van der Waals surface area contributed by atoms with Crippen LogP contribution in [-0.4, -0.2) is 25.7 Å². The van der Waals surface area contributed by atoms with E-state index in [-0.39, 0.29) is 11.9 Å². The van der Waals surface area contributed by atoms with Crippen molar-refractivity contribution in [2.75, 3.05) is 5.32 Å². The number of carbonyl (C=O) groups is 1. The van der Waals surface area contributed by atoms with Crippen LogP contribution in [0.4, 0.5) is 11.6 Å². The average Bonchev–Trinajstić information content (AvgIpc) is 3.65. The predicted octanol–water partition coefficient (Wildman–Crippen LogP) is 5.73. The first kappa shape index (κ1) is 21.8. The lowest BCUT2D eigenvalue weighted by atomic mass is 10.0. The second-order valence-electron chi connectivity index (χ2n) is 8.94. The zero-order valence-electron chi connectivity index (χ0n) is 19.5. The van der Waals surface area contributed by atoms with E-state index in [4.69, 9.17) is 4.74 Å². The number of ether oxygens (including phenoxy) is 1. The molecule has 5 rings (SSSR count). The zero-order chi connectivity index (χ0) is 23.7. The first-order valence-electron chi connectivity index (χ1n) is 11.5. The Morgan fingerprint density at radius 3 is 2.26 bits per heavy atom. The third-order valence-corrected chi connectivity index (χ3v) is 5.94. The number of nitrogens with one attached hydrogen (secondary N) is 1. The molecule has 0 aliphatic heterocycles. The fourth-order valence-electron chi connectivity index (χ4n) is 3.71. The summed E-state index contributed by atoms with van der Waals surface area (Å²) in [6.45, 7) is 4.19. The molecule has 2 heterocycles. The Morgan fingerprint density at radius 1 is 0.971 bits per heavy atom. The minimum Gasteiger partial charge on any atom is -0.426 e. The van der Waals surface area contributed by atoms with Crippen LogP contribution in [0.25, 0.3) is 22.3 Å². The molecule has 1 aliphatic rings. The molecule has 2 aromatic carbocycles. The van der Waals surface area contributed by atoms with Gasteiger partial charge in [0.1, 0.15) is 17.4 Å². The number of carbonyl (C=O) groups excluding carboxylic acids is 1. The van der Waals surface area contributed by atoms with Gasteiger partial charge in [-0.3, -0.25) is 14.5 Å². The molecule has 0 atom stereocenters. The maximum atomic E-state index is 11.9. The Balaban J connectivity index is 1.34. The standard InChI is InChI=1S/C27H27N5O2/c1-17(2)24-15-28-16-25(30-24)31-26-23(14-29-32(26)3)20-6-4-18(5-7-20)19-10-12-22(13-11-19)34-27(33)21-8-9-21/h4-7,10-17,21H,8-9H2,1-3H3,(H,30,31). The van der Waals surface area contributed by atoms with E-state index in [9.17, 15) is 4.79 Å².